The van der Waals surface area contributed by atoms with Gasteiger partial charge in [-0.3, -0.25) is 4.79 Å². The third kappa shape index (κ3) is 5.04. The van der Waals surface area contributed by atoms with Crippen LogP contribution in [0.5, 0.6) is 11.5 Å². The highest BCUT2D eigenvalue weighted by molar-refractivity contribution is 6.32. The van der Waals surface area contributed by atoms with Crippen LogP contribution >= 0.6 is 11.6 Å². The number of nitriles is 1. The number of amides is 1. The average molecular weight is 335 g/mol. The molecular weight excluding hydrogens is 316 g/mol. The van der Waals surface area contributed by atoms with E-state index >= 15 is 0 Å². The van der Waals surface area contributed by atoms with Crippen LogP contribution in [0.3, 0.4) is 0 Å². The van der Waals surface area contributed by atoms with Gasteiger partial charge in [0.15, 0.2) is 11.5 Å². The van der Waals surface area contributed by atoms with Crippen molar-refractivity contribution in [3.63, 3.8) is 0 Å². The van der Waals surface area contributed by atoms with Crippen LogP contribution in [-0.4, -0.2) is 38.1 Å². The number of hydrogen-bond acceptors (Lipinski definition) is 4. The van der Waals surface area contributed by atoms with Crippen molar-refractivity contribution >= 4 is 23.6 Å². The maximum absolute atomic E-state index is 11.9. The molecular formula is C17H19ClN2O3. The Balaban J connectivity index is 3.30. The number of benzene rings is 1. The second kappa shape index (κ2) is 8.86. The molecule has 0 bridgehead atoms. The van der Waals surface area contributed by atoms with E-state index in [0.29, 0.717) is 28.7 Å². The molecule has 0 atom stereocenters. The summed E-state index contributed by atoms with van der Waals surface area (Å²) in [6, 6.07) is 5.18. The normalized spacial score (nSPS) is 10.7. The Morgan fingerprint density at radius 3 is 2.65 bits per heavy atom. The standard InChI is InChI=1S/C17H19ClN2O3/c1-5-7-23-16-14(18)9-12(10-15(16)22-6-2)8-13(11-19)17(21)20(3)4/h5,8-10H,1,6-7H2,2-4H3/b13-8-. The molecule has 0 aliphatic heterocycles. The zero-order valence-electron chi connectivity index (χ0n) is 13.4. The van der Waals surface area contributed by atoms with Gasteiger partial charge in [0.05, 0.1) is 11.6 Å². The number of halogens is 1. The van der Waals surface area contributed by atoms with E-state index in [1.54, 1.807) is 32.3 Å². The fraction of sp³-hybridized carbons (Fsp3) is 0.294. The molecule has 23 heavy (non-hydrogen) atoms. The number of likely N-dealkylation sites (N-methyl/N-ethyl adjacent to an activating group) is 1. The summed E-state index contributed by atoms with van der Waals surface area (Å²) in [7, 11) is 3.16. The molecule has 122 valence electrons. The first-order chi connectivity index (χ1) is 10.9. The minimum absolute atomic E-state index is 0.00766. The van der Waals surface area contributed by atoms with E-state index in [2.05, 4.69) is 6.58 Å². The molecule has 0 unspecified atom stereocenters. The SMILES string of the molecule is C=CCOc1c(Cl)cc(/C=C(/C#N)C(=O)N(C)C)cc1OCC. The predicted molar refractivity (Wildman–Crippen MR) is 90.6 cm³/mol. The number of rotatable bonds is 7. The van der Waals surface area contributed by atoms with Crippen molar-refractivity contribution in [3.8, 4) is 17.6 Å². The van der Waals surface area contributed by atoms with E-state index in [1.165, 1.54) is 11.0 Å². The van der Waals surface area contributed by atoms with E-state index in [-0.39, 0.29) is 18.1 Å². The summed E-state index contributed by atoms with van der Waals surface area (Å²) < 4.78 is 11.0. The summed E-state index contributed by atoms with van der Waals surface area (Å²) in [5, 5.41) is 9.49. The van der Waals surface area contributed by atoms with Crippen LogP contribution in [0, 0.1) is 11.3 Å². The summed E-state index contributed by atoms with van der Waals surface area (Å²) in [5.74, 6) is 0.472. The molecule has 0 aromatic heterocycles. The Morgan fingerprint density at radius 2 is 2.13 bits per heavy atom. The van der Waals surface area contributed by atoms with Gasteiger partial charge < -0.3 is 14.4 Å². The number of carbonyl (C=O) groups excluding carboxylic acids is 1. The molecule has 0 N–H and O–H groups in total. The smallest absolute Gasteiger partial charge is 0.264 e. The molecule has 0 saturated carbocycles. The van der Waals surface area contributed by atoms with Crippen LogP contribution < -0.4 is 9.47 Å². The Hall–Kier alpha value is -2.45. The highest BCUT2D eigenvalue weighted by Gasteiger charge is 2.15. The second-order valence-electron chi connectivity index (χ2n) is 4.73. The lowest BCUT2D eigenvalue weighted by Crippen LogP contribution is -2.22. The quantitative estimate of drug-likeness (QED) is 0.436. The molecule has 0 heterocycles. The number of hydrogen-bond donors (Lipinski definition) is 0. The third-order valence-electron chi connectivity index (χ3n) is 2.75. The van der Waals surface area contributed by atoms with Crippen molar-refractivity contribution in [2.75, 3.05) is 27.3 Å². The van der Waals surface area contributed by atoms with Crippen LogP contribution in [0.2, 0.25) is 5.02 Å². The largest absolute Gasteiger partial charge is 0.490 e. The van der Waals surface area contributed by atoms with Gasteiger partial charge in [-0.25, -0.2) is 0 Å². The lowest BCUT2D eigenvalue weighted by Gasteiger charge is -2.14. The van der Waals surface area contributed by atoms with Crippen molar-refractivity contribution in [1.82, 2.24) is 4.90 Å². The molecule has 6 heteroatoms. The topological polar surface area (TPSA) is 62.6 Å². The Bertz CT molecular complexity index is 661. The van der Waals surface area contributed by atoms with E-state index in [9.17, 15) is 4.79 Å². The summed E-state index contributed by atoms with van der Waals surface area (Å²) in [4.78, 5) is 13.3. The van der Waals surface area contributed by atoms with Crippen LogP contribution in [0.1, 0.15) is 12.5 Å². The first-order valence-corrected chi connectivity index (χ1v) is 7.35. The van der Waals surface area contributed by atoms with Gasteiger partial charge >= 0.3 is 0 Å². The fourth-order valence-electron chi connectivity index (χ4n) is 1.77. The molecule has 1 rings (SSSR count). The van der Waals surface area contributed by atoms with Gasteiger partial charge in [-0.15, -0.1) is 0 Å². The maximum atomic E-state index is 11.9. The first kappa shape index (κ1) is 18.6. The second-order valence-corrected chi connectivity index (χ2v) is 5.14. The van der Waals surface area contributed by atoms with Crippen molar-refractivity contribution in [1.29, 1.82) is 5.26 Å². The lowest BCUT2D eigenvalue weighted by molar-refractivity contribution is -0.124. The van der Waals surface area contributed by atoms with Crippen LogP contribution in [0.15, 0.2) is 30.4 Å². The van der Waals surface area contributed by atoms with Gasteiger partial charge in [0.25, 0.3) is 5.91 Å². The molecule has 0 fully saturated rings. The Kier molecular flexibility index (Phi) is 7.17. The van der Waals surface area contributed by atoms with Crippen molar-refractivity contribution in [2.45, 2.75) is 6.92 Å². The van der Waals surface area contributed by atoms with Gasteiger partial charge in [0, 0.05) is 14.1 Å². The van der Waals surface area contributed by atoms with E-state index in [4.69, 9.17) is 26.3 Å². The van der Waals surface area contributed by atoms with Gasteiger partial charge in [-0.1, -0.05) is 24.3 Å². The van der Waals surface area contributed by atoms with Gasteiger partial charge in [0.1, 0.15) is 18.2 Å². The lowest BCUT2D eigenvalue weighted by atomic mass is 10.1. The first-order valence-electron chi connectivity index (χ1n) is 6.98. The average Bonchev–Trinajstić information content (AvgIpc) is 2.51. The maximum Gasteiger partial charge on any atom is 0.264 e. The molecule has 5 nitrogen and oxygen atoms in total. The molecule has 1 amide bonds. The minimum atomic E-state index is -0.381. The van der Waals surface area contributed by atoms with E-state index < -0.39 is 0 Å². The highest BCUT2D eigenvalue weighted by Crippen LogP contribution is 2.37. The molecule has 0 aliphatic rings. The van der Waals surface area contributed by atoms with Gasteiger partial charge in [-0.05, 0) is 30.7 Å². The third-order valence-corrected chi connectivity index (χ3v) is 3.03. The van der Waals surface area contributed by atoms with Gasteiger partial charge in [-0.2, -0.15) is 5.26 Å². The molecule has 0 saturated heterocycles. The monoisotopic (exact) mass is 334 g/mol. The zero-order valence-corrected chi connectivity index (χ0v) is 14.2. The molecule has 0 aliphatic carbocycles. The van der Waals surface area contributed by atoms with Crippen LogP contribution in [-0.2, 0) is 4.79 Å². The minimum Gasteiger partial charge on any atom is -0.490 e. The van der Waals surface area contributed by atoms with Crippen LogP contribution in [0.25, 0.3) is 6.08 Å². The number of ether oxygens (including phenoxy) is 2. The predicted octanol–water partition coefficient (Wildman–Crippen LogP) is 3.30. The summed E-state index contributed by atoms with van der Waals surface area (Å²) >= 11 is 6.23. The number of carbonyl (C=O) groups is 1. The van der Waals surface area contributed by atoms with E-state index in [0.717, 1.165) is 0 Å². The Morgan fingerprint density at radius 1 is 1.43 bits per heavy atom. The van der Waals surface area contributed by atoms with Crippen molar-refractivity contribution in [3.05, 3.63) is 40.9 Å². The molecule has 0 spiro atoms. The van der Waals surface area contributed by atoms with Crippen molar-refractivity contribution in [2.24, 2.45) is 0 Å². The summed E-state index contributed by atoms with van der Waals surface area (Å²) in [6.07, 6.45) is 3.07. The Labute approximate surface area is 141 Å². The van der Waals surface area contributed by atoms with Crippen LogP contribution in [0.4, 0.5) is 0 Å². The zero-order chi connectivity index (χ0) is 17.4. The number of nitrogens with zero attached hydrogens (tertiary/aromatic N) is 2. The summed E-state index contributed by atoms with van der Waals surface area (Å²) in [5.41, 5.74) is 0.587. The molecule has 1 aromatic carbocycles. The van der Waals surface area contributed by atoms with E-state index in [1.807, 2.05) is 13.0 Å². The fourth-order valence-corrected chi connectivity index (χ4v) is 2.04. The van der Waals surface area contributed by atoms with Crippen molar-refractivity contribution < 1.29 is 14.3 Å². The van der Waals surface area contributed by atoms with Gasteiger partial charge in [0.2, 0.25) is 0 Å². The highest BCUT2D eigenvalue weighted by atomic mass is 35.5. The molecule has 1 aromatic rings. The summed E-state index contributed by atoms with van der Waals surface area (Å²) in [6.45, 7) is 6.14. The molecule has 0 radical (unpaired) electrons.